The van der Waals surface area contributed by atoms with Crippen LogP contribution in [0.15, 0.2) is 84.6 Å². The molecule has 3 atom stereocenters. The van der Waals surface area contributed by atoms with E-state index in [9.17, 15) is 9.59 Å². The molecule has 4 aliphatic rings. The highest BCUT2D eigenvalue weighted by molar-refractivity contribution is 6.03. The first-order valence-electron chi connectivity index (χ1n) is 21.5. The molecule has 0 bridgehead atoms. The summed E-state index contributed by atoms with van der Waals surface area (Å²) in [6.45, 7) is 13.1. The molecule has 1 fully saturated rings. The molecule has 0 radical (unpaired) electrons. The van der Waals surface area contributed by atoms with Crippen LogP contribution in [0.3, 0.4) is 0 Å². The van der Waals surface area contributed by atoms with E-state index in [0.29, 0.717) is 70.3 Å². The molecule has 2 N–H and O–H groups in total. The first kappa shape index (κ1) is 45.7. The number of nitrogens with zero attached hydrogens (tertiary/aromatic N) is 2. The third kappa shape index (κ3) is 11.7. The molecule has 0 spiro atoms. The number of para-hydroxylation sites is 2. The highest BCUT2D eigenvalue weighted by Crippen LogP contribution is 2.52. The Morgan fingerprint density at radius 3 is 2.19 bits per heavy atom. The van der Waals surface area contributed by atoms with Gasteiger partial charge in [0.1, 0.15) is 7.05 Å². The first-order chi connectivity index (χ1) is 28.1. The van der Waals surface area contributed by atoms with Crippen molar-refractivity contribution in [3.05, 3.63) is 95.7 Å². The third-order valence-electron chi connectivity index (χ3n) is 12.5. The molecule has 0 aromatic heterocycles. The minimum atomic E-state index is -0.384. The number of unbranched alkanes of at least 4 members (excludes halogenated alkanes) is 2. The van der Waals surface area contributed by atoms with Gasteiger partial charge in [-0.15, -0.1) is 11.8 Å². The van der Waals surface area contributed by atoms with Gasteiger partial charge in [0.15, 0.2) is 5.71 Å². The summed E-state index contributed by atoms with van der Waals surface area (Å²) in [4.78, 5) is 27.0. The van der Waals surface area contributed by atoms with E-state index in [-0.39, 0.29) is 35.2 Å². The number of allylic oxidation sites excluding steroid dienone is 6. The largest absolute Gasteiger partial charge is 1.00 e. The summed E-state index contributed by atoms with van der Waals surface area (Å²) in [5.41, 5.74) is 7.67. The number of alkyl carbamates (subject to hydrolysis) is 1. The van der Waals surface area contributed by atoms with Gasteiger partial charge in [0.25, 0.3) is 0 Å². The zero-order chi connectivity index (χ0) is 41.0. The van der Waals surface area contributed by atoms with Crippen LogP contribution in [0, 0.1) is 29.6 Å². The van der Waals surface area contributed by atoms with Gasteiger partial charge < -0.3 is 42.2 Å². The molecular weight excluding hydrogens is 760 g/mol. The zero-order valence-electron chi connectivity index (χ0n) is 35.9. The first-order valence-corrected chi connectivity index (χ1v) is 21.5. The average molecular weight is 826 g/mol. The SMILES string of the molecule is C[N+]1=C(/C=C/C=C/C=C2/N(CCCCCC(=O)NCCOCCOCCNC(=O)OCC3[C@H]4CCC#CCC[C@@H]34)c3ccccc3C2(C)C)C(C)(C)c2ccccc21.[Cl-]. The lowest BCUT2D eigenvalue weighted by molar-refractivity contribution is -0.401. The highest BCUT2D eigenvalue weighted by Gasteiger charge is 2.49. The van der Waals surface area contributed by atoms with Crippen molar-refractivity contribution in [3.8, 4) is 11.8 Å². The van der Waals surface area contributed by atoms with Crippen molar-refractivity contribution in [2.75, 3.05) is 64.6 Å². The van der Waals surface area contributed by atoms with Gasteiger partial charge in [-0.2, -0.15) is 4.58 Å². The number of carbonyl (C=O) groups excluding carboxylic acids is 2. The number of hydrogen-bond acceptors (Lipinski definition) is 6. The number of rotatable bonds is 20. The predicted octanol–water partition coefficient (Wildman–Crippen LogP) is 5.37. The van der Waals surface area contributed by atoms with E-state index < -0.39 is 0 Å². The summed E-state index contributed by atoms with van der Waals surface area (Å²) in [6, 6.07) is 17.4. The quantitative estimate of drug-likeness (QED) is 0.0809. The molecule has 2 amide bonds. The number of ether oxygens (including phenoxy) is 3. The second-order valence-electron chi connectivity index (χ2n) is 17.0. The number of hydrogen-bond donors (Lipinski definition) is 2. The Hall–Kier alpha value is -4.36. The van der Waals surface area contributed by atoms with Gasteiger partial charge >= 0.3 is 6.09 Å². The van der Waals surface area contributed by atoms with E-state index in [1.165, 1.54) is 33.9 Å². The summed E-state index contributed by atoms with van der Waals surface area (Å²) < 4.78 is 18.9. The maximum Gasteiger partial charge on any atom is 0.407 e. The van der Waals surface area contributed by atoms with E-state index in [1.54, 1.807) is 0 Å². The molecule has 318 valence electrons. The molecule has 1 unspecified atom stereocenters. The second-order valence-corrected chi connectivity index (χ2v) is 17.0. The Morgan fingerprint density at radius 2 is 1.47 bits per heavy atom. The second kappa shape index (κ2) is 21.8. The summed E-state index contributed by atoms with van der Waals surface area (Å²) in [5, 5.41) is 5.73. The molecular formula is C49H65ClN4O5. The van der Waals surface area contributed by atoms with Gasteiger partial charge in [-0.1, -0.05) is 74.9 Å². The van der Waals surface area contributed by atoms with Gasteiger partial charge in [0.2, 0.25) is 11.6 Å². The van der Waals surface area contributed by atoms with Gasteiger partial charge in [0.05, 0.1) is 38.4 Å². The topological polar surface area (TPSA) is 92.1 Å². The van der Waals surface area contributed by atoms with Crippen LogP contribution >= 0.6 is 0 Å². The lowest BCUT2D eigenvalue weighted by atomic mass is 9.81. The molecule has 10 heteroatoms. The standard InChI is InChI=1S/C49H64N4O5.ClH/c1-48(2)40-22-15-17-24-42(40)52(5)44(48)26-12-8-13-27-45-49(3,4)41-23-16-18-25-43(41)53(45)31-19-9-14-28-46(54)50-29-32-56-34-35-57-33-30-51-47(55)58-36-39-37-20-10-6-7-11-21-38(37)39;/h8,12-13,15-18,22-27,37-39H,9-11,14,19-21,28-36H2,1-5H3,(H-,50,51,54,55);1H/t37-,38+,39?;. The fourth-order valence-electron chi connectivity index (χ4n) is 9.18. The predicted molar refractivity (Wildman–Crippen MR) is 233 cm³/mol. The number of amides is 2. The minimum absolute atomic E-state index is 0. The van der Waals surface area contributed by atoms with E-state index >= 15 is 0 Å². The lowest BCUT2D eigenvalue weighted by Crippen LogP contribution is -3.00. The van der Waals surface area contributed by atoms with E-state index in [0.717, 1.165) is 51.5 Å². The maximum atomic E-state index is 12.5. The van der Waals surface area contributed by atoms with E-state index in [2.05, 4.69) is 146 Å². The normalized spacial score (nSPS) is 21.5. The van der Waals surface area contributed by atoms with Crippen molar-refractivity contribution in [2.45, 2.75) is 89.9 Å². The van der Waals surface area contributed by atoms with Gasteiger partial charge in [-0.3, -0.25) is 4.79 Å². The average Bonchev–Trinajstić information content (AvgIpc) is 3.74. The van der Waals surface area contributed by atoms with Gasteiger partial charge in [-0.05, 0) is 75.0 Å². The number of halogens is 1. The Bertz CT molecular complexity index is 1920. The molecule has 0 saturated heterocycles. The molecule has 2 aromatic carbocycles. The van der Waals surface area contributed by atoms with Crippen LogP contribution in [0.25, 0.3) is 0 Å². The van der Waals surface area contributed by atoms with Crippen molar-refractivity contribution in [1.82, 2.24) is 10.6 Å². The van der Waals surface area contributed by atoms with Crippen LogP contribution in [-0.4, -0.2) is 82.0 Å². The van der Waals surface area contributed by atoms with E-state index in [4.69, 9.17) is 14.2 Å². The Morgan fingerprint density at radius 1 is 0.814 bits per heavy atom. The number of fused-ring (bicyclic) bond motifs is 3. The summed E-state index contributed by atoms with van der Waals surface area (Å²) >= 11 is 0. The number of carbonyl (C=O) groups is 2. The summed E-state index contributed by atoms with van der Waals surface area (Å²) in [5.74, 6) is 8.30. The molecule has 59 heavy (non-hydrogen) atoms. The number of anilines is 1. The Kier molecular flexibility index (Phi) is 16.9. The fraction of sp³-hybridized carbons (Fsp3) is 0.531. The van der Waals surface area contributed by atoms with Crippen LogP contribution in [0.5, 0.6) is 0 Å². The van der Waals surface area contributed by atoms with Gasteiger partial charge in [0, 0.05) is 73.4 Å². The van der Waals surface area contributed by atoms with Crippen LogP contribution in [-0.2, 0) is 29.8 Å². The Balaban J connectivity index is 0.00000661. The van der Waals surface area contributed by atoms with Crippen molar-refractivity contribution in [1.29, 1.82) is 0 Å². The van der Waals surface area contributed by atoms with Crippen molar-refractivity contribution in [3.63, 3.8) is 0 Å². The minimum Gasteiger partial charge on any atom is -1.00 e. The molecule has 2 aromatic rings. The van der Waals surface area contributed by atoms with Crippen LogP contribution < -0.4 is 27.9 Å². The van der Waals surface area contributed by atoms with Gasteiger partial charge in [-0.25, -0.2) is 4.79 Å². The smallest absolute Gasteiger partial charge is 0.407 e. The molecule has 2 aliphatic heterocycles. The number of benzene rings is 2. The Labute approximate surface area is 359 Å². The number of nitrogens with one attached hydrogen (secondary N) is 2. The molecule has 9 nitrogen and oxygen atoms in total. The van der Waals surface area contributed by atoms with Crippen LogP contribution in [0.1, 0.15) is 90.2 Å². The molecule has 6 rings (SSSR count). The lowest BCUT2D eigenvalue weighted by Gasteiger charge is -2.27. The van der Waals surface area contributed by atoms with Crippen molar-refractivity contribution < 1.29 is 40.8 Å². The van der Waals surface area contributed by atoms with E-state index in [1.807, 2.05) is 0 Å². The molecule has 2 heterocycles. The highest BCUT2D eigenvalue weighted by atomic mass is 35.5. The summed E-state index contributed by atoms with van der Waals surface area (Å²) in [6.07, 6.45) is 18.1. The van der Waals surface area contributed by atoms with Crippen molar-refractivity contribution >= 4 is 29.1 Å². The summed E-state index contributed by atoms with van der Waals surface area (Å²) in [7, 11) is 2.15. The fourth-order valence-corrected chi connectivity index (χ4v) is 9.18. The van der Waals surface area contributed by atoms with Crippen molar-refractivity contribution in [2.24, 2.45) is 17.8 Å². The van der Waals surface area contributed by atoms with Crippen LogP contribution in [0.2, 0.25) is 0 Å². The van der Waals surface area contributed by atoms with Crippen LogP contribution in [0.4, 0.5) is 16.2 Å². The molecule has 1 saturated carbocycles. The third-order valence-corrected chi connectivity index (χ3v) is 12.5. The monoisotopic (exact) mass is 824 g/mol. The molecule has 2 aliphatic carbocycles. The maximum absolute atomic E-state index is 12.5. The zero-order valence-corrected chi connectivity index (χ0v) is 36.6.